The molecule has 0 bridgehead atoms. The summed E-state index contributed by atoms with van der Waals surface area (Å²) in [5, 5.41) is 3.44. The Hall–Kier alpha value is -3.66. The lowest BCUT2D eigenvalue weighted by Gasteiger charge is -2.39. The molecule has 0 saturated heterocycles. The number of benzene rings is 3. The van der Waals surface area contributed by atoms with E-state index >= 15 is 0 Å². The molecule has 1 aliphatic rings. The van der Waals surface area contributed by atoms with Gasteiger partial charge in [-0.1, -0.05) is 80.4 Å². The van der Waals surface area contributed by atoms with Crippen molar-refractivity contribution in [3.8, 4) is 0 Å². The molecular formula is C27H26N2O2. The van der Waals surface area contributed by atoms with Crippen molar-refractivity contribution in [1.29, 1.82) is 0 Å². The van der Waals surface area contributed by atoms with Crippen molar-refractivity contribution in [2.75, 3.05) is 10.2 Å². The van der Waals surface area contributed by atoms with E-state index in [2.05, 4.69) is 12.2 Å². The van der Waals surface area contributed by atoms with Gasteiger partial charge >= 0.3 is 0 Å². The molecule has 3 aromatic rings. The second-order valence-corrected chi connectivity index (χ2v) is 7.67. The second-order valence-electron chi connectivity index (χ2n) is 7.67. The van der Waals surface area contributed by atoms with Crippen molar-refractivity contribution < 1.29 is 9.59 Å². The number of para-hydroxylation sites is 2. The molecule has 31 heavy (non-hydrogen) atoms. The zero-order chi connectivity index (χ0) is 21.6. The van der Waals surface area contributed by atoms with Gasteiger partial charge in [-0.25, -0.2) is 0 Å². The lowest BCUT2D eigenvalue weighted by molar-refractivity contribution is 0.0975. The molecule has 1 heterocycles. The van der Waals surface area contributed by atoms with E-state index < -0.39 is 0 Å². The van der Waals surface area contributed by atoms with Crippen LogP contribution in [0.15, 0.2) is 96.7 Å². The van der Waals surface area contributed by atoms with Crippen LogP contribution in [0.2, 0.25) is 0 Å². The number of amides is 1. The number of hydrogen-bond acceptors (Lipinski definition) is 3. The molecule has 1 unspecified atom stereocenters. The van der Waals surface area contributed by atoms with E-state index in [1.165, 1.54) is 0 Å². The molecule has 0 spiro atoms. The van der Waals surface area contributed by atoms with Gasteiger partial charge in [0.15, 0.2) is 5.78 Å². The number of unbranched alkanes of at least 4 members (excludes halogenated alkanes) is 1. The number of fused-ring (bicyclic) bond motifs is 1. The van der Waals surface area contributed by atoms with Gasteiger partial charge in [-0.05, 0) is 30.7 Å². The molecule has 0 aromatic heterocycles. The highest BCUT2D eigenvalue weighted by molar-refractivity contribution is 6.10. The topological polar surface area (TPSA) is 49.4 Å². The number of carbonyl (C=O) groups is 2. The SMILES string of the molecule is CCCCC1/C(=C/C(=O)c2ccccc2)Nc2ccccc2N1C(=O)c1ccccc1. The van der Waals surface area contributed by atoms with Crippen LogP contribution in [0, 0.1) is 0 Å². The molecule has 4 heteroatoms. The quantitative estimate of drug-likeness (QED) is 0.395. The van der Waals surface area contributed by atoms with E-state index in [9.17, 15) is 9.59 Å². The number of nitrogens with one attached hydrogen (secondary N) is 1. The first-order valence-electron chi connectivity index (χ1n) is 10.7. The molecular weight excluding hydrogens is 384 g/mol. The maximum Gasteiger partial charge on any atom is 0.258 e. The molecule has 4 nitrogen and oxygen atoms in total. The minimum atomic E-state index is -0.241. The van der Waals surface area contributed by atoms with Gasteiger partial charge in [0.2, 0.25) is 0 Å². The average molecular weight is 411 g/mol. The Kier molecular flexibility index (Phi) is 6.27. The fourth-order valence-electron chi connectivity index (χ4n) is 3.95. The summed E-state index contributed by atoms with van der Waals surface area (Å²) in [5.41, 5.74) is 3.68. The number of nitrogens with zero attached hydrogens (tertiary/aromatic N) is 1. The predicted molar refractivity (Wildman–Crippen MR) is 125 cm³/mol. The normalized spacial score (nSPS) is 16.5. The maximum absolute atomic E-state index is 13.6. The van der Waals surface area contributed by atoms with Crippen molar-refractivity contribution in [2.24, 2.45) is 0 Å². The molecule has 1 aliphatic heterocycles. The van der Waals surface area contributed by atoms with Crippen LogP contribution in [-0.4, -0.2) is 17.7 Å². The standard InChI is InChI=1S/C27H26N2O2/c1-2-3-17-25-23(19-26(30)20-12-6-4-7-13-20)28-22-16-10-11-18-24(22)29(25)27(31)21-14-8-5-9-15-21/h4-16,18-19,25,28H,2-3,17H2,1H3/b23-19-. The van der Waals surface area contributed by atoms with E-state index in [-0.39, 0.29) is 17.7 Å². The highest BCUT2D eigenvalue weighted by Gasteiger charge is 2.34. The van der Waals surface area contributed by atoms with Crippen LogP contribution < -0.4 is 10.2 Å². The van der Waals surface area contributed by atoms with Crippen LogP contribution in [0.1, 0.15) is 46.9 Å². The zero-order valence-electron chi connectivity index (χ0n) is 17.6. The Bertz CT molecular complexity index is 1090. The van der Waals surface area contributed by atoms with Gasteiger partial charge in [0.25, 0.3) is 5.91 Å². The lowest BCUT2D eigenvalue weighted by atomic mass is 9.96. The molecule has 4 rings (SSSR count). The first-order valence-corrected chi connectivity index (χ1v) is 10.7. The van der Waals surface area contributed by atoms with Gasteiger partial charge in [0, 0.05) is 22.9 Å². The van der Waals surface area contributed by atoms with Crippen molar-refractivity contribution in [3.05, 3.63) is 108 Å². The van der Waals surface area contributed by atoms with E-state index in [1.807, 2.05) is 89.8 Å². The van der Waals surface area contributed by atoms with Gasteiger partial charge in [0.1, 0.15) is 0 Å². The minimum absolute atomic E-state index is 0.0614. The van der Waals surface area contributed by atoms with Gasteiger partial charge in [-0.15, -0.1) is 0 Å². The summed E-state index contributed by atoms with van der Waals surface area (Å²) < 4.78 is 0. The Balaban J connectivity index is 1.80. The highest BCUT2D eigenvalue weighted by atomic mass is 16.2. The first kappa shape index (κ1) is 20.6. The van der Waals surface area contributed by atoms with E-state index in [1.54, 1.807) is 6.08 Å². The highest BCUT2D eigenvalue weighted by Crippen LogP contribution is 2.38. The first-order chi connectivity index (χ1) is 15.2. The monoisotopic (exact) mass is 410 g/mol. The molecule has 0 radical (unpaired) electrons. The molecule has 156 valence electrons. The van der Waals surface area contributed by atoms with Crippen LogP contribution in [-0.2, 0) is 0 Å². The van der Waals surface area contributed by atoms with Crippen LogP contribution >= 0.6 is 0 Å². The Morgan fingerprint density at radius 2 is 1.48 bits per heavy atom. The van der Waals surface area contributed by atoms with E-state index in [4.69, 9.17) is 0 Å². The number of rotatable bonds is 6. The molecule has 0 fully saturated rings. The maximum atomic E-state index is 13.6. The van der Waals surface area contributed by atoms with Crippen molar-refractivity contribution in [2.45, 2.75) is 32.2 Å². The van der Waals surface area contributed by atoms with Crippen molar-refractivity contribution >= 4 is 23.1 Å². The Morgan fingerprint density at radius 1 is 0.871 bits per heavy atom. The third-order valence-corrected chi connectivity index (χ3v) is 5.53. The lowest BCUT2D eigenvalue weighted by Crippen LogP contribution is -2.46. The fourth-order valence-corrected chi connectivity index (χ4v) is 3.95. The van der Waals surface area contributed by atoms with Crippen molar-refractivity contribution in [1.82, 2.24) is 0 Å². The summed E-state index contributed by atoms with van der Waals surface area (Å²) in [5.74, 6) is -0.134. The molecule has 1 amide bonds. The minimum Gasteiger partial charge on any atom is -0.355 e. The number of allylic oxidation sites excluding steroid dienone is 1. The largest absolute Gasteiger partial charge is 0.355 e. The molecule has 3 aromatic carbocycles. The predicted octanol–water partition coefficient (Wildman–Crippen LogP) is 6.08. The zero-order valence-corrected chi connectivity index (χ0v) is 17.6. The summed E-state index contributed by atoms with van der Waals surface area (Å²) >= 11 is 0. The third kappa shape index (κ3) is 4.43. The van der Waals surface area contributed by atoms with Crippen LogP contribution in [0.25, 0.3) is 0 Å². The van der Waals surface area contributed by atoms with E-state index in [0.717, 1.165) is 36.3 Å². The summed E-state index contributed by atoms with van der Waals surface area (Å²) in [6, 6.07) is 26.1. The van der Waals surface area contributed by atoms with E-state index in [0.29, 0.717) is 11.1 Å². The average Bonchev–Trinajstić information content (AvgIpc) is 2.83. The molecule has 0 saturated carbocycles. The number of anilines is 2. The number of ketones is 1. The second kappa shape index (κ2) is 9.43. The summed E-state index contributed by atoms with van der Waals surface area (Å²) in [6.07, 6.45) is 4.37. The van der Waals surface area contributed by atoms with Crippen LogP contribution in [0.5, 0.6) is 0 Å². The van der Waals surface area contributed by atoms with Gasteiger partial charge < -0.3 is 5.32 Å². The number of carbonyl (C=O) groups excluding carboxylic acids is 2. The Morgan fingerprint density at radius 3 is 2.16 bits per heavy atom. The fraction of sp³-hybridized carbons (Fsp3) is 0.185. The van der Waals surface area contributed by atoms with Gasteiger partial charge in [0.05, 0.1) is 17.4 Å². The smallest absolute Gasteiger partial charge is 0.258 e. The summed E-state index contributed by atoms with van der Waals surface area (Å²) in [6.45, 7) is 2.13. The van der Waals surface area contributed by atoms with Gasteiger partial charge in [-0.2, -0.15) is 0 Å². The third-order valence-electron chi connectivity index (χ3n) is 5.53. The summed E-state index contributed by atoms with van der Waals surface area (Å²) in [7, 11) is 0. The molecule has 1 N–H and O–H groups in total. The van der Waals surface area contributed by atoms with Gasteiger partial charge in [-0.3, -0.25) is 14.5 Å². The molecule has 0 aliphatic carbocycles. The van der Waals surface area contributed by atoms with Crippen LogP contribution in [0.3, 0.4) is 0 Å². The summed E-state index contributed by atoms with van der Waals surface area (Å²) in [4.78, 5) is 28.4. The van der Waals surface area contributed by atoms with Crippen LogP contribution in [0.4, 0.5) is 11.4 Å². The van der Waals surface area contributed by atoms with Crippen molar-refractivity contribution in [3.63, 3.8) is 0 Å². The number of hydrogen-bond donors (Lipinski definition) is 1. The Labute approximate surface area is 183 Å². The molecule has 1 atom stereocenters.